The van der Waals surface area contributed by atoms with Crippen molar-refractivity contribution in [3.05, 3.63) is 0 Å². The van der Waals surface area contributed by atoms with Gasteiger partial charge in [-0.15, -0.1) is 0 Å². The molecule has 1 aliphatic rings. The van der Waals surface area contributed by atoms with Crippen molar-refractivity contribution in [3.63, 3.8) is 0 Å². The maximum atomic E-state index is 6.19. The third-order valence-electron chi connectivity index (χ3n) is 4.43. The topological polar surface area (TPSA) is 21.6 Å². The van der Waals surface area contributed by atoms with Gasteiger partial charge in [0, 0.05) is 5.71 Å². The Morgan fingerprint density at radius 1 is 1.19 bits per heavy atom. The fourth-order valence-electron chi connectivity index (χ4n) is 2.91. The lowest BCUT2D eigenvalue weighted by atomic mass is 9.79. The summed E-state index contributed by atoms with van der Waals surface area (Å²) < 4.78 is 6.19. The molecule has 2 nitrogen and oxygen atoms in total. The molecule has 0 heterocycles. The second-order valence-electron chi connectivity index (χ2n) is 9.02. The fraction of sp³-hybridized carbons (Fsp3) is 0.944. The van der Waals surface area contributed by atoms with E-state index in [1.807, 2.05) is 0 Å². The first-order valence-corrected chi connectivity index (χ1v) is 12.1. The molecular weight excluding hydrogens is 274 g/mol. The summed E-state index contributed by atoms with van der Waals surface area (Å²) in [5.74, 6) is 1.40. The van der Waals surface area contributed by atoms with E-state index in [0.29, 0.717) is 17.9 Å². The highest BCUT2D eigenvalue weighted by molar-refractivity contribution is 6.69. The third kappa shape index (κ3) is 6.64. The summed E-state index contributed by atoms with van der Waals surface area (Å²) in [6.45, 7) is 19.1. The molecule has 0 aromatic rings. The first-order chi connectivity index (χ1) is 9.50. The number of hydrogen-bond acceptors (Lipinski definition) is 2. The molecule has 1 saturated carbocycles. The molecule has 0 amide bonds. The molecule has 124 valence electrons. The van der Waals surface area contributed by atoms with Crippen LogP contribution in [0.15, 0.2) is 4.99 Å². The van der Waals surface area contributed by atoms with Gasteiger partial charge in [0.05, 0.1) is 12.6 Å². The Balaban J connectivity index is 2.89. The van der Waals surface area contributed by atoms with Crippen molar-refractivity contribution in [2.45, 2.75) is 86.0 Å². The first-order valence-electron chi connectivity index (χ1n) is 8.71. The molecule has 0 aliphatic heterocycles. The molecule has 0 N–H and O–H groups in total. The number of aliphatic imine (C=N–C) groups is 1. The Morgan fingerprint density at radius 3 is 2.29 bits per heavy atom. The summed E-state index contributed by atoms with van der Waals surface area (Å²) in [7, 11) is -1.47. The fourth-order valence-corrected chi connectivity index (χ4v) is 3.57. The van der Waals surface area contributed by atoms with Gasteiger partial charge in [-0.3, -0.25) is 4.99 Å². The monoisotopic (exact) mass is 311 g/mol. The Hall–Kier alpha value is -0.153. The van der Waals surface area contributed by atoms with Gasteiger partial charge in [0.15, 0.2) is 8.32 Å². The predicted octanol–water partition coefficient (Wildman–Crippen LogP) is 5.54. The van der Waals surface area contributed by atoms with Crippen molar-refractivity contribution < 1.29 is 4.43 Å². The molecule has 1 rings (SSSR count). The highest BCUT2D eigenvalue weighted by Crippen LogP contribution is 2.31. The summed E-state index contributed by atoms with van der Waals surface area (Å²) in [4.78, 5) is 5.23. The zero-order valence-electron chi connectivity index (χ0n) is 15.6. The van der Waals surface area contributed by atoms with Gasteiger partial charge in [-0.25, -0.2) is 0 Å². The van der Waals surface area contributed by atoms with E-state index in [-0.39, 0.29) is 5.41 Å². The average Bonchev–Trinajstić information content (AvgIpc) is 2.32. The van der Waals surface area contributed by atoms with E-state index >= 15 is 0 Å². The number of rotatable bonds is 5. The maximum Gasteiger partial charge on any atom is 0.183 e. The lowest BCUT2D eigenvalue weighted by Gasteiger charge is -2.34. The predicted molar refractivity (Wildman–Crippen MR) is 96.8 cm³/mol. The molecule has 1 aliphatic carbocycles. The van der Waals surface area contributed by atoms with E-state index in [4.69, 9.17) is 9.42 Å². The highest BCUT2D eigenvalue weighted by atomic mass is 28.4. The van der Waals surface area contributed by atoms with Crippen LogP contribution in [0.4, 0.5) is 0 Å². The van der Waals surface area contributed by atoms with E-state index in [1.54, 1.807) is 0 Å². The van der Waals surface area contributed by atoms with Crippen LogP contribution in [0.1, 0.15) is 60.3 Å². The summed E-state index contributed by atoms with van der Waals surface area (Å²) in [6.07, 6.45) is 5.20. The normalized spacial score (nSPS) is 24.6. The molecule has 0 spiro atoms. The minimum absolute atomic E-state index is 0.172. The van der Waals surface area contributed by atoms with Crippen molar-refractivity contribution in [2.24, 2.45) is 22.2 Å². The van der Waals surface area contributed by atoms with Crippen LogP contribution >= 0.6 is 0 Å². The van der Waals surface area contributed by atoms with Crippen LogP contribution in [0.3, 0.4) is 0 Å². The van der Waals surface area contributed by atoms with Crippen LogP contribution in [0, 0.1) is 17.3 Å². The zero-order chi connectivity index (χ0) is 16.3. The maximum absolute atomic E-state index is 6.19. The van der Waals surface area contributed by atoms with Crippen LogP contribution < -0.4 is 0 Å². The van der Waals surface area contributed by atoms with Gasteiger partial charge < -0.3 is 4.43 Å². The highest BCUT2D eigenvalue weighted by Gasteiger charge is 2.30. The number of hydrogen-bond donors (Lipinski definition) is 0. The Kier molecular flexibility index (Phi) is 6.67. The first kappa shape index (κ1) is 18.9. The van der Waals surface area contributed by atoms with Crippen molar-refractivity contribution in [1.29, 1.82) is 0 Å². The zero-order valence-corrected chi connectivity index (χ0v) is 16.6. The Bertz CT molecular complexity index is 349. The van der Waals surface area contributed by atoms with Gasteiger partial charge in [-0.05, 0) is 56.2 Å². The summed E-state index contributed by atoms with van der Waals surface area (Å²) in [5, 5.41) is 0. The van der Waals surface area contributed by atoms with Crippen molar-refractivity contribution in [3.8, 4) is 0 Å². The molecule has 0 unspecified atom stereocenters. The van der Waals surface area contributed by atoms with E-state index in [9.17, 15) is 0 Å². The second-order valence-corrected chi connectivity index (χ2v) is 13.5. The number of nitrogens with zero attached hydrogens (tertiary/aromatic N) is 1. The quantitative estimate of drug-likeness (QED) is 0.611. The standard InChI is InChI=1S/C18H37NOSi/c1-14(2)15-11-9-10-12-16(15)19-17(18(3,4)5)13-20-21(6,7)8/h14-15,17H,9-13H2,1-8H3/t15-,17+/m0/s1. The van der Waals surface area contributed by atoms with Crippen LogP contribution in [0.5, 0.6) is 0 Å². The van der Waals surface area contributed by atoms with Gasteiger partial charge >= 0.3 is 0 Å². The van der Waals surface area contributed by atoms with Crippen LogP contribution in [-0.4, -0.2) is 26.7 Å². The van der Waals surface area contributed by atoms with Crippen molar-refractivity contribution in [1.82, 2.24) is 0 Å². The molecular formula is C18H37NOSi. The molecule has 1 fully saturated rings. The second kappa shape index (κ2) is 7.41. The minimum Gasteiger partial charge on any atom is -0.415 e. The lowest BCUT2D eigenvalue weighted by Crippen LogP contribution is -2.37. The minimum atomic E-state index is -1.47. The SMILES string of the molecule is CC(C)[C@@H]1CCCCC1=N[C@H](CO[Si](C)(C)C)C(C)(C)C. The van der Waals surface area contributed by atoms with Gasteiger partial charge in [0.25, 0.3) is 0 Å². The van der Waals surface area contributed by atoms with Crippen LogP contribution in [-0.2, 0) is 4.43 Å². The van der Waals surface area contributed by atoms with E-state index in [0.717, 1.165) is 6.61 Å². The molecule has 21 heavy (non-hydrogen) atoms. The summed E-state index contributed by atoms with van der Waals surface area (Å²) >= 11 is 0. The van der Waals surface area contributed by atoms with Gasteiger partial charge in [0.2, 0.25) is 0 Å². The average molecular weight is 312 g/mol. The summed E-state index contributed by atoms with van der Waals surface area (Å²) in [5.41, 5.74) is 1.64. The lowest BCUT2D eigenvalue weighted by molar-refractivity contribution is 0.201. The van der Waals surface area contributed by atoms with E-state index < -0.39 is 8.32 Å². The molecule has 0 bridgehead atoms. The van der Waals surface area contributed by atoms with Crippen LogP contribution in [0.25, 0.3) is 0 Å². The molecule has 0 saturated heterocycles. The van der Waals surface area contributed by atoms with E-state index in [2.05, 4.69) is 54.3 Å². The largest absolute Gasteiger partial charge is 0.415 e. The molecule has 0 aromatic carbocycles. The smallest absolute Gasteiger partial charge is 0.183 e. The van der Waals surface area contributed by atoms with Crippen LogP contribution in [0.2, 0.25) is 19.6 Å². The Labute approximate surface area is 133 Å². The van der Waals surface area contributed by atoms with Crippen molar-refractivity contribution >= 4 is 14.0 Å². The third-order valence-corrected chi connectivity index (χ3v) is 5.46. The molecule has 3 heteroatoms. The molecule has 0 radical (unpaired) electrons. The van der Waals surface area contributed by atoms with Crippen molar-refractivity contribution in [2.75, 3.05) is 6.61 Å². The summed E-state index contributed by atoms with van der Waals surface area (Å²) in [6, 6.07) is 0.290. The van der Waals surface area contributed by atoms with E-state index in [1.165, 1.54) is 31.4 Å². The molecule has 0 aromatic heterocycles. The Morgan fingerprint density at radius 2 is 1.81 bits per heavy atom. The van der Waals surface area contributed by atoms with Gasteiger partial charge in [-0.2, -0.15) is 0 Å². The van der Waals surface area contributed by atoms with Gasteiger partial charge in [0.1, 0.15) is 0 Å². The van der Waals surface area contributed by atoms with Gasteiger partial charge in [-0.1, -0.05) is 41.0 Å². The molecule has 2 atom stereocenters.